The Morgan fingerprint density at radius 1 is 1.40 bits per heavy atom. The Bertz CT molecular complexity index is 530. The summed E-state index contributed by atoms with van der Waals surface area (Å²) in [6.07, 6.45) is 0.628. The van der Waals surface area contributed by atoms with E-state index in [9.17, 15) is 14.7 Å². The SMILES string of the molecule is CC(C)N1C(=O)CCC(C(=O)O)C1c1ccccc1Cl. The van der Waals surface area contributed by atoms with Gasteiger partial charge in [0.05, 0.1) is 12.0 Å². The van der Waals surface area contributed by atoms with Gasteiger partial charge in [0.2, 0.25) is 5.91 Å². The highest BCUT2D eigenvalue weighted by Gasteiger charge is 2.42. The number of amides is 1. The summed E-state index contributed by atoms with van der Waals surface area (Å²) in [5.74, 6) is -1.51. The van der Waals surface area contributed by atoms with Crippen LogP contribution in [0.2, 0.25) is 5.02 Å². The van der Waals surface area contributed by atoms with Crippen molar-refractivity contribution < 1.29 is 14.7 Å². The number of aliphatic carboxylic acids is 1. The molecule has 5 heteroatoms. The molecule has 1 N–H and O–H groups in total. The molecule has 1 saturated heterocycles. The summed E-state index contributed by atoms with van der Waals surface area (Å²) in [7, 11) is 0. The number of benzene rings is 1. The van der Waals surface area contributed by atoms with Gasteiger partial charge in [-0.2, -0.15) is 0 Å². The number of hydrogen-bond acceptors (Lipinski definition) is 2. The lowest BCUT2D eigenvalue weighted by Crippen LogP contribution is -2.48. The van der Waals surface area contributed by atoms with Crippen molar-refractivity contribution in [2.75, 3.05) is 0 Å². The Kier molecular flexibility index (Phi) is 4.33. The molecule has 2 atom stereocenters. The van der Waals surface area contributed by atoms with Crippen molar-refractivity contribution in [3.8, 4) is 0 Å². The molecule has 0 aromatic heterocycles. The van der Waals surface area contributed by atoms with E-state index < -0.39 is 17.9 Å². The van der Waals surface area contributed by atoms with Crippen LogP contribution in [0.25, 0.3) is 0 Å². The van der Waals surface area contributed by atoms with Gasteiger partial charge in [-0.15, -0.1) is 0 Å². The zero-order valence-electron chi connectivity index (χ0n) is 11.5. The minimum Gasteiger partial charge on any atom is -0.481 e. The monoisotopic (exact) mass is 295 g/mol. The maximum absolute atomic E-state index is 12.2. The molecule has 1 heterocycles. The number of piperidine rings is 1. The van der Waals surface area contributed by atoms with E-state index in [0.717, 1.165) is 0 Å². The first-order valence-electron chi connectivity index (χ1n) is 6.72. The first-order chi connectivity index (χ1) is 9.43. The molecule has 0 saturated carbocycles. The van der Waals surface area contributed by atoms with Crippen LogP contribution in [-0.4, -0.2) is 27.9 Å². The topological polar surface area (TPSA) is 57.6 Å². The molecule has 0 aliphatic carbocycles. The lowest BCUT2D eigenvalue weighted by Gasteiger charge is -2.42. The quantitative estimate of drug-likeness (QED) is 0.932. The Balaban J connectivity index is 2.52. The van der Waals surface area contributed by atoms with E-state index >= 15 is 0 Å². The van der Waals surface area contributed by atoms with Gasteiger partial charge in [-0.1, -0.05) is 29.8 Å². The molecule has 20 heavy (non-hydrogen) atoms. The zero-order chi connectivity index (χ0) is 14.9. The molecule has 0 radical (unpaired) electrons. The maximum Gasteiger partial charge on any atom is 0.308 e. The highest BCUT2D eigenvalue weighted by Crippen LogP contribution is 2.40. The van der Waals surface area contributed by atoms with Crippen molar-refractivity contribution >= 4 is 23.5 Å². The predicted molar refractivity (Wildman–Crippen MR) is 76.5 cm³/mol. The van der Waals surface area contributed by atoms with Gasteiger partial charge in [-0.05, 0) is 31.9 Å². The number of hydrogen-bond donors (Lipinski definition) is 1. The summed E-state index contributed by atoms with van der Waals surface area (Å²) in [5, 5.41) is 9.97. The molecule has 1 amide bonds. The number of carboxylic acids is 1. The lowest BCUT2D eigenvalue weighted by molar-refractivity contribution is -0.153. The summed E-state index contributed by atoms with van der Waals surface area (Å²) in [6.45, 7) is 3.79. The van der Waals surface area contributed by atoms with Crippen LogP contribution in [0.5, 0.6) is 0 Å². The van der Waals surface area contributed by atoms with Crippen molar-refractivity contribution in [2.45, 2.75) is 38.8 Å². The summed E-state index contributed by atoms with van der Waals surface area (Å²) in [4.78, 5) is 25.4. The van der Waals surface area contributed by atoms with Gasteiger partial charge in [0.25, 0.3) is 0 Å². The van der Waals surface area contributed by atoms with Crippen molar-refractivity contribution in [3.63, 3.8) is 0 Å². The molecule has 2 unspecified atom stereocenters. The van der Waals surface area contributed by atoms with Crippen LogP contribution in [0.1, 0.15) is 38.3 Å². The van der Waals surface area contributed by atoms with Crippen LogP contribution in [0.4, 0.5) is 0 Å². The van der Waals surface area contributed by atoms with E-state index in [1.807, 2.05) is 19.9 Å². The van der Waals surface area contributed by atoms with E-state index in [1.54, 1.807) is 23.1 Å². The van der Waals surface area contributed by atoms with E-state index in [-0.39, 0.29) is 18.4 Å². The molecule has 0 bridgehead atoms. The summed E-state index contributed by atoms with van der Waals surface area (Å²) < 4.78 is 0. The number of halogens is 1. The molecule has 0 spiro atoms. The fraction of sp³-hybridized carbons (Fsp3) is 0.467. The van der Waals surface area contributed by atoms with E-state index in [2.05, 4.69) is 0 Å². The second-order valence-corrected chi connectivity index (χ2v) is 5.75. The van der Waals surface area contributed by atoms with Gasteiger partial charge in [-0.25, -0.2) is 0 Å². The molecule has 1 aliphatic heterocycles. The van der Waals surface area contributed by atoms with Crippen LogP contribution in [-0.2, 0) is 9.59 Å². The number of carbonyl (C=O) groups is 2. The largest absolute Gasteiger partial charge is 0.481 e. The number of carboxylic acid groups (broad SMARTS) is 1. The molecule has 1 aromatic carbocycles. The first kappa shape index (κ1) is 14.9. The van der Waals surface area contributed by atoms with E-state index in [0.29, 0.717) is 17.0 Å². The third-order valence-corrected chi connectivity index (χ3v) is 4.08. The lowest BCUT2D eigenvalue weighted by atomic mass is 9.83. The normalized spacial score (nSPS) is 23.2. The van der Waals surface area contributed by atoms with Crippen molar-refractivity contribution in [2.24, 2.45) is 5.92 Å². The third-order valence-electron chi connectivity index (χ3n) is 3.74. The van der Waals surface area contributed by atoms with Gasteiger partial charge < -0.3 is 10.0 Å². The number of rotatable bonds is 3. The second-order valence-electron chi connectivity index (χ2n) is 5.34. The van der Waals surface area contributed by atoms with Gasteiger partial charge in [-0.3, -0.25) is 9.59 Å². The molecule has 2 rings (SSSR count). The summed E-state index contributed by atoms with van der Waals surface area (Å²) >= 11 is 6.21. The third kappa shape index (κ3) is 2.66. The Morgan fingerprint density at radius 3 is 2.60 bits per heavy atom. The summed E-state index contributed by atoms with van der Waals surface area (Å²) in [5.41, 5.74) is 0.711. The van der Waals surface area contributed by atoms with Gasteiger partial charge in [0, 0.05) is 17.5 Å². The van der Waals surface area contributed by atoms with Crippen LogP contribution < -0.4 is 0 Å². The van der Waals surface area contributed by atoms with Gasteiger partial charge in [0.15, 0.2) is 0 Å². The van der Waals surface area contributed by atoms with Gasteiger partial charge >= 0.3 is 5.97 Å². The molecular formula is C15H18ClNO3. The van der Waals surface area contributed by atoms with Crippen molar-refractivity contribution in [1.82, 2.24) is 4.90 Å². The van der Waals surface area contributed by atoms with Crippen LogP contribution >= 0.6 is 11.6 Å². The fourth-order valence-corrected chi connectivity index (χ4v) is 3.11. The maximum atomic E-state index is 12.2. The average Bonchev–Trinajstić information content (AvgIpc) is 2.38. The highest BCUT2D eigenvalue weighted by atomic mass is 35.5. The first-order valence-corrected chi connectivity index (χ1v) is 7.09. The Morgan fingerprint density at radius 2 is 2.05 bits per heavy atom. The Hall–Kier alpha value is -1.55. The van der Waals surface area contributed by atoms with Crippen LogP contribution in [0.3, 0.4) is 0 Å². The molecule has 1 aliphatic rings. The minimum absolute atomic E-state index is 0.0116. The zero-order valence-corrected chi connectivity index (χ0v) is 12.3. The van der Waals surface area contributed by atoms with E-state index in [1.165, 1.54) is 0 Å². The van der Waals surface area contributed by atoms with E-state index in [4.69, 9.17) is 11.6 Å². The smallest absolute Gasteiger partial charge is 0.308 e. The van der Waals surface area contributed by atoms with Crippen LogP contribution in [0.15, 0.2) is 24.3 Å². The van der Waals surface area contributed by atoms with Gasteiger partial charge in [0.1, 0.15) is 0 Å². The molecule has 4 nitrogen and oxygen atoms in total. The molecule has 1 fully saturated rings. The number of nitrogens with zero attached hydrogens (tertiary/aromatic N) is 1. The second kappa shape index (κ2) is 5.83. The number of carbonyl (C=O) groups excluding carboxylic acids is 1. The standard InChI is InChI=1S/C15H18ClNO3/c1-9(2)17-13(18)8-7-11(15(19)20)14(17)10-5-3-4-6-12(10)16/h3-6,9,11,14H,7-8H2,1-2H3,(H,19,20). The minimum atomic E-state index is -0.881. The van der Waals surface area contributed by atoms with Crippen molar-refractivity contribution in [3.05, 3.63) is 34.9 Å². The highest BCUT2D eigenvalue weighted by molar-refractivity contribution is 6.31. The summed E-state index contributed by atoms with van der Waals surface area (Å²) in [6, 6.07) is 6.59. The molecular weight excluding hydrogens is 278 g/mol. The average molecular weight is 296 g/mol. The molecule has 1 aromatic rings. The molecule has 108 valence electrons. The van der Waals surface area contributed by atoms with Crippen LogP contribution in [0, 0.1) is 5.92 Å². The van der Waals surface area contributed by atoms with Crippen molar-refractivity contribution in [1.29, 1.82) is 0 Å². The fourth-order valence-electron chi connectivity index (χ4n) is 2.86. The number of likely N-dealkylation sites (tertiary alicyclic amines) is 1. The Labute approximate surface area is 123 Å². The predicted octanol–water partition coefficient (Wildman–Crippen LogP) is 3.11.